The van der Waals surface area contributed by atoms with Crippen LogP contribution in [0.3, 0.4) is 0 Å². The molecule has 2 aromatic heterocycles. The van der Waals surface area contributed by atoms with E-state index in [4.69, 9.17) is 0 Å². The monoisotopic (exact) mass is 233 g/mol. The van der Waals surface area contributed by atoms with E-state index in [0.717, 1.165) is 35.2 Å². The lowest BCUT2D eigenvalue weighted by Gasteiger charge is -2.02. The van der Waals surface area contributed by atoms with Gasteiger partial charge in [-0.15, -0.1) is 11.3 Å². The summed E-state index contributed by atoms with van der Waals surface area (Å²) in [6.07, 6.45) is 0.987. The fourth-order valence-corrected chi connectivity index (χ4v) is 2.21. The molecule has 2 rings (SSSR count). The molecular formula is C12H15N3S. The molecule has 0 aliphatic rings. The van der Waals surface area contributed by atoms with E-state index in [1.807, 2.05) is 25.1 Å². The molecule has 0 saturated carbocycles. The van der Waals surface area contributed by atoms with Crippen LogP contribution in [0.4, 0.5) is 5.13 Å². The van der Waals surface area contributed by atoms with Crippen molar-refractivity contribution in [3.63, 3.8) is 0 Å². The predicted molar refractivity (Wildman–Crippen MR) is 67.8 cm³/mol. The summed E-state index contributed by atoms with van der Waals surface area (Å²) in [6, 6.07) is 6.05. The van der Waals surface area contributed by atoms with Gasteiger partial charge < -0.3 is 5.32 Å². The molecule has 3 nitrogen and oxygen atoms in total. The molecule has 0 aromatic carbocycles. The summed E-state index contributed by atoms with van der Waals surface area (Å²) in [5.41, 5.74) is 3.24. The van der Waals surface area contributed by atoms with Gasteiger partial charge in [0.1, 0.15) is 0 Å². The third kappa shape index (κ3) is 2.79. The molecule has 0 aliphatic heterocycles. The molecule has 0 atom stereocenters. The Morgan fingerprint density at radius 2 is 2.12 bits per heavy atom. The Morgan fingerprint density at radius 1 is 1.25 bits per heavy atom. The number of nitrogens with zero attached hydrogens (tertiary/aromatic N) is 2. The van der Waals surface area contributed by atoms with Crippen molar-refractivity contribution in [1.82, 2.24) is 9.97 Å². The van der Waals surface area contributed by atoms with Crippen LogP contribution in [0.1, 0.15) is 24.0 Å². The Morgan fingerprint density at radius 3 is 2.81 bits per heavy atom. The molecule has 0 saturated heterocycles. The zero-order chi connectivity index (χ0) is 11.4. The maximum atomic E-state index is 4.45. The van der Waals surface area contributed by atoms with E-state index in [1.165, 1.54) is 0 Å². The second-order valence-corrected chi connectivity index (χ2v) is 4.48. The van der Waals surface area contributed by atoms with Crippen molar-refractivity contribution in [3.05, 3.63) is 40.7 Å². The predicted octanol–water partition coefficient (Wildman–Crippen LogP) is 3.02. The maximum Gasteiger partial charge on any atom is 0.183 e. The van der Waals surface area contributed by atoms with E-state index in [2.05, 4.69) is 27.6 Å². The summed E-state index contributed by atoms with van der Waals surface area (Å²) in [6.45, 7) is 4.85. The van der Waals surface area contributed by atoms with Crippen molar-refractivity contribution in [1.29, 1.82) is 0 Å². The lowest BCUT2D eigenvalue weighted by molar-refractivity contribution is 0.999. The molecule has 0 spiro atoms. The molecule has 2 aromatic rings. The summed E-state index contributed by atoms with van der Waals surface area (Å²) in [5, 5.41) is 6.35. The number of thiazole rings is 1. The van der Waals surface area contributed by atoms with Gasteiger partial charge in [0.25, 0.3) is 0 Å². The molecule has 0 radical (unpaired) electrons. The highest BCUT2D eigenvalue weighted by Gasteiger charge is 2.00. The van der Waals surface area contributed by atoms with Gasteiger partial charge in [0.15, 0.2) is 5.13 Å². The third-order valence-electron chi connectivity index (χ3n) is 2.28. The molecular weight excluding hydrogens is 218 g/mol. The van der Waals surface area contributed by atoms with Gasteiger partial charge in [-0.2, -0.15) is 0 Å². The van der Waals surface area contributed by atoms with Crippen molar-refractivity contribution in [2.24, 2.45) is 0 Å². The zero-order valence-electron chi connectivity index (χ0n) is 9.53. The van der Waals surface area contributed by atoms with Gasteiger partial charge in [0, 0.05) is 11.1 Å². The van der Waals surface area contributed by atoms with Crippen LogP contribution in [-0.2, 0) is 13.0 Å². The number of hydrogen-bond acceptors (Lipinski definition) is 4. The minimum atomic E-state index is 0.734. The molecule has 84 valence electrons. The molecule has 0 unspecified atom stereocenters. The smallest absolute Gasteiger partial charge is 0.183 e. The lowest BCUT2D eigenvalue weighted by Crippen LogP contribution is -2.01. The Kier molecular flexibility index (Phi) is 3.51. The van der Waals surface area contributed by atoms with Crippen LogP contribution in [-0.4, -0.2) is 9.97 Å². The van der Waals surface area contributed by atoms with Crippen molar-refractivity contribution < 1.29 is 0 Å². The first kappa shape index (κ1) is 11.1. The largest absolute Gasteiger partial charge is 0.356 e. The number of anilines is 1. The summed E-state index contributed by atoms with van der Waals surface area (Å²) in [5.74, 6) is 0. The van der Waals surface area contributed by atoms with E-state index in [0.29, 0.717) is 0 Å². The number of pyridine rings is 1. The molecule has 0 fully saturated rings. The van der Waals surface area contributed by atoms with Gasteiger partial charge in [0.2, 0.25) is 0 Å². The molecule has 1 N–H and O–H groups in total. The number of rotatable bonds is 4. The Labute approximate surface area is 99.6 Å². The van der Waals surface area contributed by atoms with Crippen molar-refractivity contribution in [2.45, 2.75) is 26.8 Å². The fraction of sp³-hybridized carbons (Fsp3) is 0.333. The van der Waals surface area contributed by atoms with Crippen LogP contribution in [0, 0.1) is 6.92 Å². The van der Waals surface area contributed by atoms with E-state index in [-0.39, 0.29) is 0 Å². The second-order valence-electron chi connectivity index (χ2n) is 3.62. The van der Waals surface area contributed by atoms with E-state index < -0.39 is 0 Å². The third-order valence-corrected chi connectivity index (χ3v) is 3.13. The highest BCUT2D eigenvalue weighted by Crippen LogP contribution is 2.16. The zero-order valence-corrected chi connectivity index (χ0v) is 10.3. The van der Waals surface area contributed by atoms with Crippen molar-refractivity contribution >= 4 is 16.5 Å². The molecule has 2 heterocycles. The van der Waals surface area contributed by atoms with E-state index in [9.17, 15) is 0 Å². The minimum Gasteiger partial charge on any atom is -0.356 e. The van der Waals surface area contributed by atoms with Crippen LogP contribution in [0.2, 0.25) is 0 Å². The number of nitrogens with one attached hydrogen (secondary N) is 1. The van der Waals surface area contributed by atoms with E-state index in [1.54, 1.807) is 11.3 Å². The highest BCUT2D eigenvalue weighted by molar-refractivity contribution is 7.13. The van der Waals surface area contributed by atoms with Gasteiger partial charge in [-0.05, 0) is 25.5 Å². The van der Waals surface area contributed by atoms with Crippen LogP contribution < -0.4 is 5.32 Å². The number of hydrogen-bond donors (Lipinski definition) is 1. The first-order chi connectivity index (χ1) is 7.78. The number of aromatic nitrogens is 2. The van der Waals surface area contributed by atoms with Crippen molar-refractivity contribution in [2.75, 3.05) is 5.32 Å². The SMILES string of the molecule is CCc1csc(NCc2cccc(C)n2)n1. The standard InChI is InChI=1S/C12H15N3S/c1-3-10-8-16-12(15-10)13-7-11-6-4-5-9(2)14-11/h4-6,8H,3,7H2,1-2H3,(H,13,15). The van der Waals surface area contributed by atoms with Gasteiger partial charge >= 0.3 is 0 Å². The lowest BCUT2D eigenvalue weighted by atomic mass is 10.3. The topological polar surface area (TPSA) is 37.8 Å². The quantitative estimate of drug-likeness (QED) is 0.882. The summed E-state index contributed by atoms with van der Waals surface area (Å²) in [7, 11) is 0. The van der Waals surface area contributed by atoms with Gasteiger partial charge in [-0.25, -0.2) is 4.98 Å². The minimum absolute atomic E-state index is 0.734. The van der Waals surface area contributed by atoms with Crippen LogP contribution in [0.5, 0.6) is 0 Å². The normalized spacial score (nSPS) is 10.4. The Hall–Kier alpha value is -1.42. The van der Waals surface area contributed by atoms with Crippen molar-refractivity contribution in [3.8, 4) is 0 Å². The summed E-state index contributed by atoms with van der Waals surface area (Å²) < 4.78 is 0. The van der Waals surface area contributed by atoms with Gasteiger partial charge in [0.05, 0.1) is 17.9 Å². The van der Waals surface area contributed by atoms with Crippen LogP contribution >= 0.6 is 11.3 Å². The van der Waals surface area contributed by atoms with Gasteiger partial charge in [-0.3, -0.25) is 4.98 Å². The highest BCUT2D eigenvalue weighted by atomic mass is 32.1. The number of aryl methyl sites for hydroxylation is 2. The first-order valence-electron chi connectivity index (χ1n) is 5.38. The second kappa shape index (κ2) is 5.07. The average Bonchev–Trinajstić information content (AvgIpc) is 2.74. The summed E-state index contributed by atoms with van der Waals surface area (Å²) >= 11 is 1.65. The Bertz CT molecular complexity index is 465. The maximum absolute atomic E-state index is 4.45. The molecule has 4 heteroatoms. The Balaban J connectivity index is 1.96. The van der Waals surface area contributed by atoms with Crippen LogP contribution in [0.15, 0.2) is 23.6 Å². The molecule has 0 bridgehead atoms. The van der Waals surface area contributed by atoms with E-state index >= 15 is 0 Å². The fourth-order valence-electron chi connectivity index (χ4n) is 1.41. The molecule has 0 aliphatic carbocycles. The molecule has 16 heavy (non-hydrogen) atoms. The summed E-state index contributed by atoms with van der Waals surface area (Å²) in [4.78, 5) is 8.88. The average molecular weight is 233 g/mol. The van der Waals surface area contributed by atoms with Crippen LogP contribution in [0.25, 0.3) is 0 Å². The first-order valence-corrected chi connectivity index (χ1v) is 6.26. The molecule has 0 amide bonds. The van der Waals surface area contributed by atoms with Gasteiger partial charge in [-0.1, -0.05) is 13.0 Å².